The molecule has 0 aliphatic rings. The standard InChI is InChI=1S/C20H19ClN2O2S/c1-25-18-9-7-14(11-16(18)21)8-10-19(24)22-12-20-23-17(13-26-20)15-5-3-2-4-6-15/h2-7,9,11,13H,8,10,12H2,1H3,(H,22,24). The summed E-state index contributed by atoms with van der Waals surface area (Å²) >= 11 is 7.66. The Morgan fingerprint density at radius 1 is 1.23 bits per heavy atom. The van der Waals surface area contributed by atoms with Crippen molar-refractivity contribution in [3.8, 4) is 17.0 Å². The minimum Gasteiger partial charge on any atom is -0.495 e. The van der Waals surface area contributed by atoms with Gasteiger partial charge in [-0.25, -0.2) is 4.98 Å². The third kappa shape index (κ3) is 4.84. The average Bonchev–Trinajstić information content (AvgIpc) is 3.14. The average molecular weight is 387 g/mol. The Labute approximate surface area is 161 Å². The second-order valence-electron chi connectivity index (χ2n) is 5.74. The second kappa shape index (κ2) is 8.83. The number of nitrogens with one attached hydrogen (secondary N) is 1. The topological polar surface area (TPSA) is 51.2 Å². The van der Waals surface area contributed by atoms with Gasteiger partial charge in [0.05, 0.1) is 24.4 Å². The summed E-state index contributed by atoms with van der Waals surface area (Å²) in [6.45, 7) is 0.444. The lowest BCUT2D eigenvalue weighted by molar-refractivity contribution is -0.121. The van der Waals surface area contributed by atoms with Gasteiger partial charge in [0.1, 0.15) is 10.8 Å². The summed E-state index contributed by atoms with van der Waals surface area (Å²) in [5.41, 5.74) is 3.02. The van der Waals surface area contributed by atoms with Gasteiger partial charge in [-0.05, 0) is 24.1 Å². The molecule has 0 bridgehead atoms. The van der Waals surface area contributed by atoms with Crippen LogP contribution < -0.4 is 10.1 Å². The van der Waals surface area contributed by atoms with E-state index in [-0.39, 0.29) is 5.91 Å². The Kier molecular flexibility index (Phi) is 6.26. The molecule has 0 radical (unpaired) electrons. The summed E-state index contributed by atoms with van der Waals surface area (Å²) in [6, 6.07) is 15.6. The van der Waals surface area contributed by atoms with Gasteiger partial charge >= 0.3 is 0 Å². The van der Waals surface area contributed by atoms with Gasteiger partial charge in [0.15, 0.2) is 0 Å². The minimum absolute atomic E-state index is 0.00611. The molecule has 2 aromatic carbocycles. The predicted molar refractivity (Wildman–Crippen MR) is 106 cm³/mol. The number of aryl methyl sites for hydroxylation is 1. The molecule has 0 saturated heterocycles. The Bertz CT molecular complexity index is 881. The third-order valence-corrected chi connectivity index (χ3v) is 5.06. The number of carbonyl (C=O) groups is 1. The molecular formula is C20H19ClN2O2S. The van der Waals surface area contributed by atoms with Crippen molar-refractivity contribution in [3.05, 3.63) is 69.5 Å². The van der Waals surface area contributed by atoms with Crippen LogP contribution in [-0.4, -0.2) is 18.0 Å². The molecule has 0 atom stereocenters. The van der Waals surface area contributed by atoms with Crippen LogP contribution in [0, 0.1) is 0 Å². The van der Waals surface area contributed by atoms with E-state index < -0.39 is 0 Å². The van der Waals surface area contributed by atoms with Crippen molar-refractivity contribution in [2.24, 2.45) is 0 Å². The number of aromatic nitrogens is 1. The maximum atomic E-state index is 12.1. The van der Waals surface area contributed by atoms with E-state index in [1.54, 1.807) is 18.4 Å². The molecule has 1 amide bonds. The molecule has 1 heterocycles. The maximum absolute atomic E-state index is 12.1. The van der Waals surface area contributed by atoms with Crippen LogP contribution in [0.4, 0.5) is 0 Å². The maximum Gasteiger partial charge on any atom is 0.220 e. The smallest absolute Gasteiger partial charge is 0.220 e. The van der Waals surface area contributed by atoms with Gasteiger partial charge in [0.25, 0.3) is 0 Å². The number of amides is 1. The molecule has 3 aromatic rings. The largest absolute Gasteiger partial charge is 0.495 e. The molecule has 0 unspecified atom stereocenters. The van der Waals surface area contributed by atoms with Crippen LogP contribution in [0.1, 0.15) is 17.0 Å². The highest BCUT2D eigenvalue weighted by Gasteiger charge is 2.08. The molecule has 6 heteroatoms. The van der Waals surface area contributed by atoms with Crippen molar-refractivity contribution in [2.75, 3.05) is 7.11 Å². The fraction of sp³-hybridized carbons (Fsp3) is 0.200. The first-order chi connectivity index (χ1) is 12.7. The molecule has 134 valence electrons. The summed E-state index contributed by atoms with van der Waals surface area (Å²) < 4.78 is 5.13. The van der Waals surface area contributed by atoms with E-state index in [9.17, 15) is 4.79 Å². The molecule has 0 spiro atoms. The van der Waals surface area contributed by atoms with Crippen LogP contribution in [0.15, 0.2) is 53.9 Å². The van der Waals surface area contributed by atoms with Gasteiger partial charge in [-0.1, -0.05) is 48.0 Å². The Balaban J connectivity index is 1.49. The zero-order valence-corrected chi connectivity index (χ0v) is 15.9. The quantitative estimate of drug-likeness (QED) is 0.639. The van der Waals surface area contributed by atoms with Crippen molar-refractivity contribution >= 4 is 28.8 Å². The molecule has 0 saturated carbocycles. The highest BCUT2D eigenvalue weighted by atomic mass is 35.5. The Morgan fingerprint density at radius 3 is 2.77 bits per heavy atom. The van der Waals surface area contributed by atoms with Crippen LogP contribution in [0.3, 0.4) is 0 Å². The number of hydrogen-bond donors (Lipinski definition) is 1. The van der Waals surface area contributed by atoms with Crippen LogP contribution in [-0.2, 0) is 17.8 Å². The SMILES string of the molecule is COc1ccc(CCC(=O)NCc2nc(-c3ccccc3)cs2)cc1Cl. The van der Waals surface area contributed by atoms with E-state index in [1.165, 1.54) is 0 Å². The zero-order chi connectivity index (χ0) is 18.4. The van der Waals surface area contributed by atoms with Crippen LogP contribution in [0.2, 0.25) is 5.02 Å². The van der Waals surface area contributed by atoms with E-state index >= 15 is 0 Å². The minimum atomic E-state index is -0.00611. The molecular weight excluding hydrogens is 368 g/mol. The summed E-state index contributed by atoms with van der Waals surface area (Å²) in [7, 11) is 1.58. The molecule has 1 N–H and O–H groups in total. The fourth-order valence-electron chi connectivity index (χ4n) is 2.52. The van der Waals surface area contributed by atoms with E-state index in [0.29, 0.717) is 30.2 Å². The molecule has 0 fully saturated rings. The van der Waals surface area contributed by atoms with Gasteiger partial charge in [-0.15, -0.1) is 11.3 Å². The summed E-state index contributed by atoms with van der Waals surface area (Å²) in [5.74, 6) is 0.631. The number of nitrogens with zero attached hydrogens (tertiary/aromatic N) is 1. The van der Waals surface area contributed by atoms with Crippen LogP contribution in [0.5, 0.6) is 5.75 Å². The normalized spacial score (nSPS) is 10.5. The first-order valence-electron chi connectivity index (χ1n) is 8.24. The highest BCUT2D eigenvalue weighted by Crippen LogP contribution is 2.25. The van der Waals surface area contributed by atoms with E-state index in [1.807, 2.05) is 53.9 Å². The van der Waals surface area contributed by atoms with Crippen molar-refractivity contribution in [3.63, 3.8) is 0 Å². The van der Waals surface area contributed by atoms with Crippen molar-refractivity contribution in [1.82, 2.24) is 10.3 Å². The van der Waals surface area contributed by atoms with Crippen molar-refractivity contribution < 1.29 is 9.53 Å². The van der Waals surface area contributed by atoms with E-state index in [4.69, 9.17) is 16.3 Å². The fourth-order valence-corrected chi connectivity index (χ4v) is 3.54. The number of methoxy groups -OCH3 is 1. The molecule has 3 rings (SSSR count). The van der Waals surface area contributed by atoms with Crippen LogP contribution >= 0.6 is 22.9 Å². The number of thiazole rings is 1. The lowest BCUT2D eigenvalue weighted by atomic mass is 10.1. The van der Waals surface area contributed by atoms with E-state index in [2.05, 4.69) is 10.3 Å². The summed E-state index contributed by atoms with van der Waals surface area (Å²) in [5, 5.41) is 6.38. The van der Waals surface area contributed by atoms with Gasteiger partial charge in [0, 0.05) is 17.4 Å². The van der Waals surface area contributed by atoms with E-state index in [0.717, 1.165) is 21.8 Å². The number of hydrogen-bond acceptors (Lipinski definition) is 4. The predicted octanol–water partition coefficient (Wildman–Crippen LogP) is 4.72. The monoisotopic (exact) mass is 386 g/mol. The molecule has 26 heavy (non-hydrogen) atoms. The second-order valence-corrected chi connectivity index (χ2v) is 7.09. The lowest BCUT2D eigenvalue weighted by Gasteiger charge is -2.06. The zero-order valence-electron chi connectivity index (χ0n) is 14.4. The van der Waals surface area contributed by atoms with Gasteiger partial charge in [-0.3, -0.25) is 4.79 Å². The van der Waals surface area contributed by atoms with Crippen molar-refractivity contribution in [1.29, 1.82) is 0 Å². The highest BCUT2D eigenvalue weighted by molar-refractivity contribution is 7.09. The molecule has 1 aromatic heterocycles. The Morgan fingerprint density at radius 2 is 2.04 bits per heavy atom. The van der Waals surface area contributed by atoms with Gasteiger partial charge < -0.3 is 10.1 Å². The number of halogens is 1. The van der Waals surface area contributed by atoms with Gasteiger partial charge in [-0.2, -0.15) is 0 Å². The molecule has 0 aliphatic heterocycles. The molecule has 0 aliphatic carbocycles. The first kappa shape index (κ1) is 18.4. The number of benzene rings is 2. The summed E-state index contributed by atoms with van der Waals surface area (Å²) in [6.07, 6.45) is 1.03. The first-order valence-corrected chi connectivity index (χ1v) is 9.50. The number of carbonyl (C=O) groups excluding carboxylic acids is 1. The lowest BCUT2D eigenvalue weighted by Crippen LogP contribution is -2.22. The Hall–Kier alpha value is -2.37. The number of ether oxygens (including phenoxy) is 1. The number of rotatable bonds is 7. The van der Waals surface area contributed by atoms with Gasteiger partial charge in [0.2, 0.25) is 5.91 Å². The van der Waals surface area contributed by atoms with Crippen molar-refractivity contribution in [2.45, 2.75) is 19.4 Å². The molecule has 4 nitrogen and oxygen atoms in total. The van der Waals surface area contributed by atoms with Crippen LogP contribution in [0.25, 0.3) is 11.3 Å². The third-order valence-electron chi connectivity index (χ3n) is 3.92. The summed E-state index contributed by atoms with van der Waals surface area (Å²) in [4.78, 5) is 16.7.